The molecule has 0 saturated heterocycles. The van der Waals surface area contributed by atoms with E-state index in [1.165, 1.54) is 0 Å². The van der Waals surface area contributed by atoms with Crippen LogP contribution in [-0.4, -0.2) is 17.6 Å². The number of carbonyl (C=O) groups excluding carboxylic acids is 1. The minimum atomic E-state index is -0.207. The Kier molecular flexibility index (Phi) is 3.67. The van der Waals surface area contributed by atoms with Gasteiger partial charge in [-0.2, -0.15) is 0 Å². The van der Waals surface area contributed by atoms with E-state index in [2.05, 4.69) is 5.32 Å². The van der Waals surface area contributed by atoms with Crippen LogP contribution in [0, 0.1) is 6.92 Å². The zero-order valence-electron chi connectivity index (χ0n) is 10.1. The summed E-state index contributed by atoms with van der Waals surface area (Å²) < 4.78 is 5.22. The Morgan fingerprint density at radius 3 is 2.56 bits per heavy atom. The third kappa shape index (κ3) is 3.13. The number of aryl methyl sites for hydroxylation is 1. The van der Waals surface area contributed by atoms with E-state index in [4.69, 9.17) is 9.52 Å². The lowest BCUT2D eigenvalue weighted by Gasteiger charge is -2.03. The smallest absolute Gasteiger partial charge is 0.287 e. The van der Waals surface area contributed by atoms with Gasteiger partial charge in [0.25, 0.3) is 5.91 Å². The van der Waals surface area contributed by atoms with E-state index >= 15 is 0 Å². The number of hydrogen-bond acceptors (Lipinski definition) is 3. The van der Waals surface area contributed by atoms with Crippen molar-refractivity contribution >= 4 is 5.91 Å². The third-order valence-electron chi connectivity index (χ3n) is 2.60. The van der Waals surface area contributed by atoms with Crippen LogP contribution >= 0.6 is 0 Å². The van der Waals surface area contributed by atoms with Crippen LogP contribution in [0.5, 0.6) is 5.75 Å². The predicted octanol–water partition coefficient (Wildman–Crippen LogP) is 2.27. The number of amides is 1. The largest absolute Gasteiger partial charge is 0.508 e. The third-order valence-corrected chi connectivity index (χ3v) is 2.60. The summed E-state index contributed by atoms with van der Waals surface area (Å²) in [6, 6.07) is 10.3. The van der Waals surface area contributed by atoms with Crippen LogP contribution in [0.2, 0.25) is 0 Å². The van der Waals surface area contributed by atoms with Crippen LogP contribution < -0.4 is 5.32 Å². The van der Waals surface area contributed by atoms with Crippen LogP contribution in [0.4, 0.5) is 0 Å². The highest BCUT2D eigenvalue weighted by molar-refractivity contribution is 5.91. The van der Waals surface area contributed by atoms with Gasteiger partial charge in [0.05, 0.1) is 0 Å². The van der Waals surface area contributed by atoms with E-state index < -0.39 is 0 Å². The highest BCUT2D eigenvalue weighted by Crippen LogP contribution is 2.10. The normalized spacial score (nSPS) is 10.3. The highest BCUT2D eigenvalue weighted by atomic mass is 16.3. The van der Waals surface area contributed by atoms with Crippen molar-refractivity contribution in [2.24, 2.45) is 0 Å². The standard InChI is InChI=1S/C14H15NO3/c1-10-2-7-13(18-10)14(17)15-9-8-11-3-5-12(16)6-4-11/h2-7,16H,8-9H2,1H3,(H,15,17). The molecule has 0 spiro atoms. The van der Waals surface area contributed by atoms with Crippen molar-refractivity contribution in [1.29, 1.82) is 0 Å². The van der Waals surface area contributed by atoms with Gasteiger partial charge in [0, 0.05) is 6.54 Å². The molecule has 0 saturated carbocycles. The lowest BCUT2D eigenvalue weighted by atomic mass is 10.1. The molecule has 4 nitrogen and oxygen atoms in total. The van der Waals surface area contributed by atoms with Gasteiger partial charge in [-0.05, 0) is 43.2 Å². The number of hydrogen-bond donors (Lipinski definition) is 2. The second-order valence-corrected chi connectivity index (χ2v) is 4.08. The molecule has 1 amide bonds. The molecular weight excluding hydrogens is 230 g/mol. The minimum Gasteiger partial charge on any atom is -0.508 e. The summed E-state index contributed by atoms with van der Waals surface area (Å²) in [4.78, 5) is 11.7. The van der Waals surface area contributed by atoms with Gasteiger partial charge in [0.1, 0.15) is 11.5 Å². The van der Waals surface area contributed by atoms with Crippen LogP contribution in [0.3, 0.4) is 0 Å². The van der Waals surface area contributed by atoms with Crippen molar-refractivity contribution in [2.45, 2.75) is 13.3 Å². The Bertz CT molecular complexity index is 528. The van der Waals surface area contributed by atoms with Gasteiger partial charge in [-0.3, -0.25) is 4.79 Å². The maximum absolute atomic E-state index is 11.7. The number of furan rings is 1. The fraction of sp³-hybridized carbons (Fsp3) is 0.214. The first kappa shape index (κ1) is 12.2. The summed E-state index contributed by atoms with van der Waals surface area (Å²) in [6.07, 6.45) is 0.714. The van der Waals surface area contributed by atoms with Gasteiger partial charge in [-0.25, -0.2) is 0 Å². The Morgan fingerprint density at radius 1 is 1.22 bits per heavy atom. The number of benzene rings is 1. The molecule has 2 aromatic rings. The first-order valence-corrected chi connectivity index (χ1v) is 5.78. The Hall–Kier alpha value is -2.23. The summed E-state index contributed by atoms with van der Waals surface area (Å²) >= 11 is 0. The summed E-state index contributed by atoms with van der Waals surface area (Å²) in [7, 11) is 0. The van der Waals surface area contributed by atoms with E-state index in [1.54, 1.807) is 31.2 Å². The second-order valence-electron chi connectivity index (χ2n) is 4.08. The first-order chi connectivity index (χ1) is 8.65. The summed E-state index contributed by atoms with van der Waals surface area (Å²) in [5, 5.41) is 11.9. The molecule has 0 aliphatic heterocycles. The average Bonchev–Trinajstić information content (AvgIpc) is 2.78. The SMILES string of the molecule is Cc1ccc(C(=O)NCCc2ccc(O)cc2)o1. The molecular formula is C14H15NO3. The van der Waals surface area contributed by atoms with Gasteiger partial charge in [0.15, 0.2) is 5.76 Å². The molecule has 0 unspecified atom stereocenters. The van der Waals surface area contributed by atoms with Crippen molar-refractivity contribution in [3.05, 3.63) is 53.5 Å². The predicted molar refractivity (Wildman–Crippen MR) is 67.6 cm³/mol. The Morgan fingerprint density at radius 2 is 1.94 bits per heavy atom. The zero-order chi connectivity index (χ0) is 13.0. The highest BCUT2D eigenvalue weighted by Gasteiger charge is 2.08. The molecule has 0 fully saturated rings. The topological polar surface area (TPSA) is 62.5 Å². The van der Waals surface area contributed by atoms with Gasteiger partial charge < -0.3 is 14.8 Å². The summed E-state index contributed by atoms with van der Waals surface area (Å²) in [6.45, 7) is 2.33. The summed E-state index contributed by atoms with van der Waals surface area (Å²) in [5.74, 6) is 1.09. The molecule has 0 aliphatic rings. The van der Waals surface area contributed by atoms with E-state index in [0.29, 0.717) is 18.7 Å². The van der Waals surface area contributed by atoms with Crippen molar-refractivity contribution in [3.63, 3.8) is 0 Å². The number of aromatic hydroxyl groups is 1. The monoisotopic (exact) mass is 245 g/mol. The van der Waals surface area contributed by atoms with Crippen LogP contribution in [0.15, 0.2) is 40.8 Å². The molecule has 18 heavy (non-hydrogen) atoms. The molecule has 1 heterocycles. The van der Waals surface area contributed by atoms with Gasteiger partial charge in [-0.15, -0.1) is 0 Å². The lowest BCUT2D eigenvalue weighted by molar-refractivity contribution is 0.0925. The van der Waals surface area contributed by atoms with Crippen molar-refractivity contribution < 1.29 is 14.3 Å². The van der Waals surface area contributed by atoms with E-state index in [1.807, 2.05) is 12.1 Å². The van der Waals surface area contributed by atoms with E-state index in [0.717, 1.165) is 11.3 Å². The summed E-state index contributed by atoms with van der Waals surface area (Å²) in [5.41, 5.74) is 1.06. The number of nitrogens with one attached hydrogen (secondary N) is 1. The maximum Gasteiger partial charge on any atom is 0.287 e. The van der Waals surface area contributed by atoms with Crippen molar-refractivity contribution in [1.82, 2.24) is 5.32 Å². The number of rotatable bonds is 4. The molecule has 0 atom stereocenters. The molecule has 1 aromatic carbocycles. The molecule has 94 valence electrons. The number of phenols is 1. The van der Waals surface area contributed by atoms with Crippen LogP contribution in [0.25, 0.3) is 0 Å². The number of phenolic OH excluding ortho intramolecular Hbond substituents is 1. The first-order valence-electron chi connectivity index (χ1n) is 5.78. The van der Waals surface area contributed by atoms with E-state index in [-0.39, 0.29) is 11.7 Å². The fourth-order valence-electron chi connectivity index (χ4n) is 1.63. The minimum absolute atomic E-state index is 0.207. The molecule has 1 aromatic heterocycles. The van der Waals surface area contributed by atoms with Gasteiger partial charge >= 0.3 is 0 Å². The van der Waals surface area contributed by atoms with Crippen molar-refractivity contribution in [2.75, 3.05) is 6.54 Å². The van der Waals surface area contributed by atoms with Gasteiger partial charge in [0.2, 0.25) is 0 Å². The van der Waals surface area contributed by atoms with Crippen molar-refractivity contribution in [3.8, 4) is 5.75 Å². The quantitative estimate of drug-likeness (QED) is 0.868. The van der Waals surface area contributed by atoms with Crippen LogP contribution in [0.1, 0.15) is 21.9 Å². The maximum atomic E-state index is 11.7. The fourth-order valence-corrected chi connectivity index (χ4v) is 1.63. The molecule has 0 bridgehead atoms. The Labute approximate surface area is 105 Å². The second kappa shape index (κ2) is 5.40. The van der Waals surface area contributed by atoms with Gasteiger partial charge in [-0.1, -0.05) is 12.1 Å². The van der Waals surface area contributed by atoms with E-state index in [9.17, 15) is 4.79 Å². The Balaban J connectivity index is 1.82. The molecule has 2 rings (SSSR count). The molecule has 0 aliphatic carbocycles. The number of carbonyl (C=O) groups is 1. The lowest BCUT2D eigenvalue weighted by Crippen LogP contribution is -2.25. The van der Waals surface area contributed by atoms with Crippen LogP contribution in [-0.2, 0) is 6.42 Å². The average molecular weight is 245 g/mol. The molecule has 4 heteroatoms. The molecule has 2 N–H and O–H groups in total. The molecule has 0 radical (unpaired) electrons. The zero-order valence-corrected chi connectivity index (χ0v) is 10.1.